The number of nitrogen functional groups attached to an aromatic ring is 1. The van der Waals surface area contributed by atoms with Crippen molar-refractivity contribution in [2.45, 2.75) is 6.43 Å². The van der Waals surface area contributed by atoms with E-state index in [-0.39, 0.29) is 11.3 Å². The molecule has 0 saturated heterocycles. The number of carbonyl (C=O) groups is 1. The van der Waals surface area contributed by atoms with Gasteiger partial charge < -0.3 is 11.5 Å². The van der Waals surface area contributed by atoms with Crippen LogP contribution in [0.2, 0.25) is 0 Å². The average Bonchev–Trinajstić information content (AvgIpc) is 2.16. The van der Waals surface area contributed by atoms with Crippen molar-refractivity contribution >= 4 is 11.6 Å². The number of nitrogens with two attached hydrogens (primary N) is 2. The lowest BCUT2D eigenvalue weighted by Gasteiger charge is -2.08. The van der Waals surface area contributed by atoms with E-state index in [0.717, 1.165) is 6.20 Å². The second-order valence-electron chi connectivity index (χ2n) is 2.62. The average molecular weight is 212 g/mol. The smallest absolute Gasteiger partial charge is 0.281 e. The molecule has 1 aromatic heterocycles. The van der Waals surface area contributed by atoms with Crippen molar-refractivity contribution in [3.63, 3.8) is 0 Å². The quantitative estimate of drug-likeness (QED) is 0.747. The summed E-state index contributed by atoms with van der Waals surface area (Å²) in [6.07, 6.45) is -2.09. The molecule has 1 aromatic rings. The number of nitriles is 1. The fraction of sp³-hybridized carbons (Fsp3) is 0.125. The molecule has 0 aliphatic heterocycles. The lowest BCUT2D eigenvalue weighted by molar-refractivity contribution is 0.0984. The molecule has 0 spiro atoms. The number of anilines is 1. The molecular formula is C8H6F2N4O. The van der Waals surface area contributed by atoms with Crippen LogP contribution in [0.3, 0.4) is 0 Å². The van der Waals surface area contributed by atoms with E-state index < -0.39 is 23.6 Å². The van der Waals surface area contributed by atoms with Crippen molar-refractivity contribution < 1.29 is 13.6 Å². The summed E-state index contributed by atoms with van der Waals surface area (Å²) < 4.78 is 24.8. The van der Waals surface area contributed by atoms with Gasteiger partial charge >= 0.3 is 0 Å². The summed E-state index contributed by atoms with van der Waals surface area (Å²) in [7, 11) is 0. The molecule has 0 bridgehead atoms. The predicted octanol–water partition coefficient (Wildman–Crippen LogP) is 0.572. The highest BCUT2D eigenvalue weighted by atomic mass is 19.3. The van der Waals surface area contributed by atoms with Crippen LogP contribution in [-0.4, -0.2) is 10.9 Å². The highest BCUT2D eigenvalue weighted by Crippen LogP contribution is 2.26. The molecule has 78 valence electrons. The molecule has 0 aromatic carbocycles. The number of rotatable bonds is 2. The molecule has 7 heteroatoms. The van der Waals surface area contributed by atoms with Crippen molar-refractivity contribution in [2.24, 2.45) is 5.73 Å². The van der Waals surface area contributed by atoms with E-state index in [0.29, 0.717) is 0 Å². The zero-order valence-electron chi connectivity index (χ0n) is 7.37. The molecular weight excluding hydrogens is 206 g/mol. The monoisotopic (exact) mass is 212 g/mol. The van der Waals surface area contributed by atoms with Crippen LogP contribution in [0, 0.1) is 11.3 Å². The molecule has 0 atom stereocenters. The minimum Gasteiger partial charge on any atom is -0.397 e. The SMILES string of the molecule is N#Cc1cnc(C(F)F)c(C(N)=O)c1N. The summed E-state index contributed by atoms with van der Waals surface area (Å²) in [6.45, 7) is 0. The van der Waals surface area contributed by atoms with Gasteiger partial charge in [0.2, 0.25) is 0 Å². The van der Waals surface area contributed by atoms with E-state index in [1.54, 1.807) is 6.07 Å². The van der Waals surface area contributed by atoms with Crippen LogP contribution in [0.5, 0.6) is 0 Å². The Bertz CT molecular complexity index is 453. The fourth-order valence-electron chi connectivity index (χ4n) is 1.05. The number of hydrogen-bond acceptors (Lipinski definition) is 4. The third kappa shape index (κ3) is 1.83. The van der Waals surface area contributed by atoms with E-state index in [1.165, 1.54) is 0 Å². The zero-order valence-corrected chi connectivity index (χ0v) is 7.37. The minimum atomic E-state index is -2.97. The van der Waals surface area contributed by atoms with Crippen molar-refractivity contribution in [3.05, 3.63) is 23.0 Å². The Morgan fingerprint density at radius 3 is 2.60 bits per heavy atom. The molecule has 0 saturated carbocycles. The number of alkyl halides is 2. The molecule has 0 aliphatic rings. The Morgan fingerprint density at radius 1 is 1.60 bits per heavy atom. The third-order valence-electron chi connectivity index (χ3n) is 1.72. The maximum absolute atomic E-state index is 12.4. The Balaban J connectivity index is 3.53. The molecule has 1 heterocycles. The van der Waals surface area contributed by atoms with E-state index in [2.05, 4.69) is 4.98 Å². The number of hydrogen-bond donors (Lipinski definition) is 2. The lowest BCUT2D eigenvalue weighted by atomic mass is 10.1. The summed E-state index contributed by atoms with van der Waals surface area (Å²) in [6, 6.07) is 1.62. The van der Waals surface area contributed by atoms with Crippen LogP contribution in [0.15, 0.2) is 6.20 Å². The van der Waals surface area contributed by atoms with Crippen molar-refractivity contribution in [3.8, 4) is 6.07 Å². The number of carbonyl (C=O) groups excluding carboxylic acids is 1. The van der Waals surface area contributed by atoms with Crippen molar-refractivity contribution in [1.29, 1.82) is 5.26 Å². The van der Waals surface area contributed by atoms with Gasteiger partial charge in [0.15, 0.2) is 0 Å². The standard InChI is InChI=1S/C8H6F2N4O/c9-7(10)6-4(8(13)15)5(12)3(1-11)2-14-6/h2,7H,(H2,12,14)(H2,13,15). The first-order valence-electron chi connectivity index (χ1n) is 3.75. The summed E-state index contributed by atoms with van der Waals surface area (Å²) in [5.41, 5.74) is 8.29. The molecule has 0 unspecified atom stereocenters. The fourth-order valence-corrected chi connectivity index (χ4v) is 1.05. The Kier molecular flexibility index (Phi) is 2.80. The molecule has 1 rings (SSSR count). The Morgan fingerprint density at radius 2 is 2.20 bits per heavy atom. The Hall–Kier alpha value is -2.23. The van der Waals surface area contributed by atoms with Gasteiger partial charge in [-0.15, -0.1) is 0 Å². The van der Waals surface area contributed by atoms with Gasteiger partial charge in [-0.05, 0) is 0 Å². The number of amides is 1. The Labute approximate surface area is 83.3 Å². The van der Waals surface area contributed by atoms with E-state index in [1.807, 2.05) is 0 Å². The van der Waals surface area contributed by atoms with E-state index in [4.69, 9.17) is 16.7 Å². The largest absolute Gasteiger partial charge is 0.397 e. The third-order valence-corrected chi connectivity index (χ3v) is 1.72. The maximum Gasteiger partial charge on any atom is 0.281 e. The second-order valence-corrected chi connectivity index (χ2v) is 2.62. The van der Waals surface area contributed by atoms with Gasteiger partial charge in [-0.3, -0.25) is 9.78 Å². The number of pyridine rings is 1. The van der Waals surface area contributed by atoms with Crippen LogP contribution in [-0.2, 0) is 0 Å². The van der Waals surface area contributed by atoms with Crippen LogP contribution >= 0.6 is 0 Å². The van der Waals surface area contributed by atoms with Crippen LogP contribution in [0.25, 0.3) is 0 Å². The first kappa shape index (κ1) is 10.8. The van der Waals surface area contributed by atoms with Gasteiger partial charge in [0.25, 0.3) is 12.3 Å². The molecule has 1 amide bonds. The van der Waals surface area contributed by atoms with Gasteiger partial charge in [0, 0.05) is 6.20 Å². The highest BCUT2D eigenvalue weighted by molar-refractivity contribution is 6.00. The van der Waals surface area contributed by atoms with Gasteiger partial charge in [0.05, 0.1) is 16.8 Å². The topological polar surface area (TPSA) is 106 Å². The van der Waals surface area contributed by atoms with Gasteiger partial charge in [0.1, 0.15) is 11.8 Å². The van der Waals surface area contributed by atoms with Crippen LogP contribution in [0.1, 0.15) is 28.0 Å². The molecule has 0 radical (unpaired) electrons. The minimum absolute atomic E-state index is 0.159. The predicted molar refractivity (Wildman–Crippen MR) is 46.8 cm³/mol. The zero-order chi connectivity index (χ0) is 11.6. The summed E-state index contributed by atoms with van der Waals surface area (Å²) in [5, 5.41) is 8.54. The van der Waals surface area contributed by atoms with Gasteiger partial charge in [-0.2, -0.15) is 5.26 Å². The normalized spacial score (nSPS) is 10.0. The number of halogens is 2. The lowest BCUT2D eigenvalue weighted by Crippen LogP contribution is -2.18. The molecule has 0 fully saturated rings. The van der Waals surface area contributed by atoms with Crippen molar-refractivity contribution in [1.82, 2.24) is 4.98 Å². The number of nitrogens with zero attached hydrogens (tertiary/aromatic N) is 2. The van der Waals surface area contributed by atoms with Gasteiger partial charge in [-0.25, -0.2) is 8.78 Å². The number of primary amides is 1. The molecule has 4 N–H and O–H groups in total. The van der Waals surface area contributed by atoms with Gasteiger partial charge in [-0.1, -0.05) is 0 Å². The summed E-state index contributed by atoms with van der Waals surface area (Å²) in [5.74, 6) is -1.13. The summed E-state index contributed by atoms with van der Waals surface area (Å²) in [4.78, 5) is 14.2. The van der Waals surface area contributed by atoms with Crippen LogP contribution < -0.4 is 11.5 Å². The number of aromatic nitrogens is 1. The van der Waals surface area contributed by atoms with Crippen molar-refractivity contribution in [2.75, 3.05) is 5.73 Å². The maximum atomic E-state index is 12.4. The molecule has 0 aliphatic carbocycles. The van der Waals surface area contributed by atoms with E-state index >= 15 is 0 Å². The summed E-state index contributed by atoms with van der Waals surface area (Å²) >= 11 is 0. The highest BCUT2D eigenvalue weighted by Gasteiger charge is 2.22. The van der Waals surface area contributed by atoms with E-state index in [9.17, 15) is 13.6 Å². The second kappa shape index (κ2) is 3.88. The molecule has 5 nitrogen and oxygen atoms in total. The first-order valence-corrected chi connectivity index (χ1v) is 3.75. The molecule has 15 heavy (non-hydrogen) atoms. The first-order chi connectivity index (χ1) is 6.99. The van der Waals surface area contributed by atoms with Crippen LogP contribution in [0.4, 0.5) is 14.5 Å².